The van der Waals surface area contributed by atoms with E-state index in [1.165, 1.54) is 0 Å². The summed E-state index contributed by atoms with van der Waals surface area (Å²) in [6.45, 7) is 3.37. The quantitative estimate of drug-likeness (QED) is 0.703. The molecule has 0 aliphatic carbocycles. The number of likely N-dealkylation sites (N-methyl/N-ethyl adjacent to an activating group) is 1. The van der Waals surface area contributed by atoms with E-state index in [0.717, 1.165) is 12.1 Å². The predicted octanol–water partition coefficient (Wildman–Crippen LogP) is 2.19. The molecular weight excluding hydrogens is 292 g/mol. The van der Waals surface area contributed by atoms with Gasteiger partial charge in [0.25, 0.3) is 0 Å². The molecule has 0 bridgehead atoms. The van der Waals surface area contributed by atoms with Crippen LogP contribution in [0.15, 0.2) is 45.7 Å². The van der Waals surface area contributed by atoms with E-state index in [1.54, 1.807) is 12.3 Å². The van der Waals surface area contributed by atoms with Crippen LogP contribution >= 0.6 is 0 Å². The summed E-state index contributed by atoms with van der Waals surface area (Å²) in [5.41, 5.74) is 1.77. The highest BCUT2D eigenvalue weighted by Crippen LogP contribution is 2.25. The molecule has 0 saturated heterocycles. The summed E-state index contributed by atoms with van der Waals surface area (Å²) in [7, 11) is 1.88. The third kappa shape index (κ3) is 3.07. The van der Waals surface area contributed by atoms with Crippen molar-refractivity contribution in [2.75, 3.05) is 25.5 Å². The molecular formula is C17H18N4O2. The first-order valence-electron chi connectivity index (χ1n) is 7.45. The van der Waals surface area contributed by atoms with Crippen molar-refractivity contribution in [1.82, 2.24) is 15.3 Å². The average Bonchev–Trinajstić information content (AvgIpc) is 2.55. The minimum absolute atomic E-state index is 0.271. The van der Waals surface area contributed by atoms with Crippen LogP contribution in [0.25, 0.3) is 22.4 Å². The number of aryl methyl sites for hydroxylation is 1. The third-order valence-electron chi connectivity index (χ3n) is 3.57. The van der Waals surface area contributed by atoms with Gasteiger partial charge in [-0.2, -0.15) is 0 Å². The van der Waals surface area contributed by atoms with Crippen LogP contribution in [0.1, 0.15) is 5.56 Å². The second kappa shape index (κ2) is 6.58. The molecule has 0 fully saturated rings. The Kier molecular flexibility index (Phi) is 4.34. The number of nitrogens with zero attached hydrogens (tertiary/aromatic N) is 2. The highest BCUT2D eigenvalue weighted by atomic mass is 16.4. The van der Waals surface area contributed by atoms with E-state index < -0.39 is 0 Å². The summed E-state index contributed by atoms with van der Waals surface area (Å²) in [5.74, 6) is 0.915. The molecule has 0 aliphatic heterocycles. The van der Waals surface area contributed by atoms with Gasteiger partial charge in [0.05, 0.1) is 16.5 Å². The summed E-state index contributed by atoms with van der Waals surface area (Å²) < 4.78 is 5.44. The number of fused-ring (bicyclic) bond motifs is 1. The maximum atomic E-state index is 12.3. The molecule has 0 radical (unpaired) electrons. The highest BCUT2D eigenvalue weighted by Gasteiger charge is 2.13. The number of anilines is 1. The molecule has 1 aromatic carbocycles. The Balaban J connectivity index is 2.09. The molecule has 3 aromatic rings. The van der Waals surface area contributed by atoms with Gasteiger partial charge in [0.2, 0.25) is 5.89 Å². The predicted molar refractivity (Wildman–Crippen MR) is 90.7 cm³/mol. The van der Waals surface area contributed by atoms with E-state index in [4.69, 9.17) is 4.42 Å². The molecule has 6 heteroatoms. The second-order valence-electron chi connectivity index (χ2n) is 5.21. The van der Waals surface area contributed by atoms with Gasteiger partial charge < -0.3 is 15.1 Å². The van der Waals surface area contributed by atoms with Crippen LogP contribution in [-0.2, 0) is 0 Å². The fourth-order valence-electron chi connectivity index (χ4n) is 2.42. The SMILES string of the molecule is CNCCNc1ncccc1-c1nc2cccc(C)c2c(=O)o1. The van der Waals surface area contributed by atoms with Crippen molar-refractivity contribution in [2.24, 2.45) is 0 Å². The lowest BCUT2D eigenvalue weighted by molar-refractivity contribution is 0.518. The molecule has 2 aromatic heterocycles. The Hall–Kier alpha value is -2.73. The average molecular weight is 310 g/mol. The molecule has 3 rings (SSSR count). The molecule has 6 nitrogen and oxygen atoms in total. The van der Waals surface area contributed by atoms with Gasteiger partial charge in [0.1, 0.15) is 5.82 Å². The van der Waals surface area contributed by atoms with Crippen molar-refractivity contribution < 1.29 is 4.42 Å². The smallest absolute Gasteiger partial charge is 0.347 e. The van der Waals surface area contributed by atoms with Crippen molar-refractivity contribution >= 4 is 16.7 Å². The topological polar surface area (TPSA) is 80.0 Å². The van der Waals surface area contributed by atoms with Crippen molar-refractivity contribution in [3.8, 4) is 11.5 Å². The van der Waals surface area contributed by atoms with E-state index in [2.05, 4.69) is 20.6 Å². The lowest BCUT2D eigenvalue weighted by atomic mass is 10.1. The molecule has 0 atom stereocenters. The van der Waals surface area contributed by atoms with E-state index >= 15 is 0 Å². The zero-order chi connectivity index (χ0) is 16.2. The first-order chi connectivity index (χ1) is 11.2. The molecule has 2 heterocycles. The van der Waals surface area contributed by atoms with Gasteiger partial charge in [-0.25, -0.2) is 14.8 Å². The summed E-state index contributed by atoms with van der Waals surface area (Å²) in [5, 5.41) is 6.79. The lowest BCUT2D eigenvalue weighted by Gasteiger charge is -2.10. The van der Waals surface area contributed by atoms with E-state index in [0.29, 0.717) is 28.8 Å². The summed E-state index contributed by atoms with van der Waals surface area (Å²) in [6.07, 6.45) is 1.69. The second-order valence-corrected chi connectivity index (χ2v) is 5.21. The van der Waals surface area contributed by atoms with Crippen LogP contribution in [0, 0.1) is 6.92 Å². The van der Waals surface area contributed by atoms with Gasteiger partial charge >= 0.3 is 5.63 Å². The van der Waals surface area contributed by atoms with Crippen LogP contribution in [0.5, 0.6) is 0 Å². The van der Waals surface area contributed by atoms with Gasteiger partial charge in [-0.1, -0.05) is 12.1 Å². The van der Waals surface area contributed by atoms with Crippen molar-refractivity contribution in [2.45, 2.75) is 6.92 Å². The van der Waals surface area contributed by atoms with Crippen LogP contribution < -0.4 is 16.3 Å². The number of aromatic nitrogens is 2. The van der Waals surface area contributed by atoms with E-state index in [-0.39, 0.29) is 11.5 Å². The van der Waals surface area contributed by atoms with Crippen molar-refractivity contribution in [1.29, 1.82) is 0 Å². The molecule has 2 N–H and O–H groups in total. The first-order valence-corrected chi connectivity index (χ1v) is 7.45. The number of hydrogen-bond donors (Lipinski definition) is 2. The summed E-state index contributed by atoms with van der Waals surface area (Å²) >= 11 is 0. The van der Waals surface area contributed by atoms with Gasteiger partial charge in [-0.05, 0) is 37.7 Å². The molecule has 118 valence electrons. The lowest BCUT2D eigenvalue weighted by Crippen LogP contribution is -2.18. The van der Waals surface area contributed by atoms with Crippen LogP contribution in [0.3, 0.4) is 0 Å². The molecule has 23 heavy (non-hydrogen) atoms. The van der Waals surface area contributed by atoms with Crippen molar-refractivity contribution in [3.63, 3.8) is 0 Å². The fourth-order valence-corrected chi connectivity index (χ4v) is 2.42. The normalized spacial score (nSPS) is 10.9. The molecule has 0 spiro atoms. The fraction of sp³-hybridized carbons (Fsp3) is 0.235. The molecule has 0 amide bonds. The first kappa shape index (κ1) is 15.2. The largest absolute Gasteiger partial charge is 0.403 e. The Labute approximate surface area is 133 Å². The highest BCUT2D eigenvalue weighted by molar-refractivity contribution is 5.82. The molecule has 0 aliphatic rings. The zero-order valence-corrected chi connectivity index (χ0v) is 13.1. The number of nitrogens with one attached hydrogen (secondary N) is 2. The maximum Gasteiger partial charge on any atom is 0.347 e. The zero-order valence-electron chi connectivity index (χ0n) is 13.1. The molecule has 0 saturated carbocycles. The third-order valence-corrected chi connectivity index (χ3v) is 3.57. The van der Waals surface area contributed by atoms with Crippen LogP contribution in [0.2, 0.25) is 0 Å². The van der Waals surface area contributed by atoms with Gasteiger partial charge in [-0.15, -0.1) is 0 Å². The van der Waals surface area contributed by atoms with Gasteiger partial charge in [0, 0.05) is 19.3 Å². The summed E-state index contributed by atoms with van der Waals surface area (Å²) in [6, 6.07) is 9.19. The molecule has 0 unspecified atom stereocenters. The number of rotatable bonds is 5. The Morgan fingerprint density at radius 1 is 1.17 bits per heavy atom. The van der Waals surface area contributed by atoms with Crippen LogP contribution in [-0.4, -0.2) is 30.1 Å². The minimum Gasteiger partial charge on any atom is -0.403 e. The standard InChI is InChI=1S/C17H18N4O2/c1-11-5-3-7-13-14(11)17(22)23-16(21-13)12-6-4-8-19-15(12)20-10-9-18-2/h3-8,18H,9-10H2,1-2H3,(H,19,20). The van der Waals surface area contributed by atoms with E-state index in [9.17, 15) is 4.79 Å². The monoisotopic (exact) mass is 310 g/mol. The number of benzene rings is 1. The Bertz CT molecular complexity index is 889. The Morgan fingerprint density at radius 2 is 2.04 bits per heavy atom. The summed E-state index contributed by atoms with van der Waals surface area (Å²) in [4.78, 5) is 21.1. The maximum absolute atomic E-state index is 12.3. The minimum atomic E-state index is -0.381. The number of hydrogen-bond acceptors (Lipinski definition) is 6. The number of pyridine rings is 1. The van der Waals surface area contributed by atoms with Gasteiger partial charge in [-0.3, -0.25) is 0 Å². The Morgan fingerprint density at radius 3 is 2.87 bits per heavy atom. The van der Waals surface area contributed by atoms with Gasteiger partial charge in [0.15, 0.2) is 0 Å². The van der Waals surface area contributed by atoms with Crippen LogP contribution in [0.4, 0.5) is 5.82 Å². The van der Waals surface area contributed by atoms with Crippen molar-refractivity contribution in [3.05, 3.63) is 52.5 Å². The van der Waals surface area contributed by atoms with E-state index in [1.807, 2.05) is 38.2 Å².